The molecule has 3 unspecified atom stereocenters. The van der Waals surface area contributed by atoms with Crippen molar-refractivity contribution >= 4 is 40.1 Å². The van der Waals surface area contributed by atoms with Gasteiger partial charge in [-0.15, -0.1) is 11.8 Å². The fraction of sp³-hybridized carbons (Fsp3) is 0.360. The minimum absolute atomic E-state index is 0.0135. The first kappa shape index (κ1) is 20.7. The van der Waals surface area contributed by atoms with Crippen molar-refractivity contribution in [1.29, 1.82) is 0 Å². The van der Waals surface area contributed by atoms with E-state index in [2.05, 4.69) is 42.9 Å². The summed E-state index contributed by atoms with van der Waals surface area (Å²) < 4.78 is 0. The summed E-state index contributed by atoms with van der Waals surface area (Å²) in [6, 6.07) is 18.2. The first-order valence-electron chi connectivity index (χ1n) is 10.7. The maximum Gasteiger partial charge on any atom is 0.252 e. The standard InChI is InChI=1S/C25H29N3OS/c1-16-8-6-13-22(17(16)2)28-25(29)21-15-24(27-23-12-5-4-11-20(21)23)26-18-9-7-10-19(14-18)30-3/h4-5,7,9-12,14-17,22H,6,8,13H2,1-3H3,(H,26,27)(H,28,29). The molecule has 0 spiro atoms. The van der Waals surface area contributed by atoms with Gasteiger partial charge in [0.05, 0.1) is 11.1 Å². The molecule has 1 saturated carbocycles. The van der Waals surface area contributed by atoms with Gasteiger partial charge in [-0.3, -0.25) is 4.79 Å². The van der Waals surface area contributed by atoms with Crippen molar-refractivity contribution in [3.05, 3.63) is 60.2 Å². The second-order valence-electron chi connectivity index (χ2n) is 8.28. The molecule has 5 heteroatoms. The number of pyridine rings is 1. The maximum absolute atomic E-state index is 13.3. The van der Waals surface area contributed by atoms with Crippen molar-refractivity contribution in [3.8, 4) is 0 Å². The highest BCUT2D eigenvalue weighted by atomic mass is 32.2. The van der Waals surface area contributed by atoms with E-state index in [1.54, 1.807) is 11.8 Å². The van der Waals surface area contributed by atoms with Crippen LogP contribution in [0.2, 0.25) is 0 Å². The Morgan fingerprint density at radius 2 is 1.90 bits per heavy atom. The Morgan fingerprint density at radius 3 is 2.73 bits per heavy atom. The fourth-order valence-corrected chi connectivity index (χ4v) is 4.77. The third-order valence-electron chi connectivity index (χ3n) is 6.33. The van der Waals surface area contributed by atoms with Crippen LogP contribution in [0.25, 0.3) is 10.9 Å². The molecule has 2 N–H and O–H groups in total. The molecule has 4 nitrogen and oxygen atoms in total. The molecular formula is C25H29N3OS. The average molecular weight is 420 g/mol. The summed E-state index contributed by atoms with van der Waals surface area (Å²) in [5, 5.41) is 7.58. The van der Waals surface area contributed by atoms with Crippen LogP contribution in [0.5, 0.6) is 0 Å². The largest absolute Gasteiger partial charge is 0.349 e. The Kier molecular flexibility index (Phi) is 6.28. The first-order chi connectivity index (χ1) is 14.5. The van der Waals surface area contributed by atoms with Crippen molar-refractivity contribution in [1.82, 2.24) is 10.3 Å². The second kappa shape index (κ2) is 9.09. The number of hydrogen-bond donors (Lipinski definition) is 2. The number of rotatable bonds is 5. The normalized spacial score (nSPS) is 21.4. The number of nitrogens with zero attached hydrogens (tertiary/aromatic N) is 1. The van der Waals surface area contributed by atoms with E-state index in [-0.39, 0.29) is 11.9 Å². The summed E-state index contributed by atoms with van der Waals surface area (Å²) in [6.07, 6.45) is 5.52. The van der Waals surface area contributed by atoms with Gasteiger partial charge >= 0.3 is 0 Å². The van der Waals surface area contributed by atoms with Crippen molar-refractivity contribution in [2.45, 2.75) is 44.0 Å². The lowest BCUT2D eigenvalue weighted by Crippen LogP contribution is -2.43. The summed E-state index contributed by atoms with van der Waals surface area (Å²) in [6.45, 7) is 4.54. The van der Waals surface area contributed by atoms with Gasteiger partial charge in [0.15, 0.2) is 0 Å². The van der Waals surface area contributed by atoms with Crippen LogP contribution in [-0.4, -0.2) is 23.2 Å². The smallest absolute Gasteiger partial charge is 0.252 e. The Labute approximate surface area is 182 Å². The zero-order chi connectivity index (χ0) is 21.1. The number of nitrogens with one attached hydrogen (secondary N) is 2. The number of fused-ring (bicyclic) bond motifs is 1. The third kappa shape index (κ3) is 4.46. The van der Waals surface area contributed by atoms with Gasteiger partial charge in [0, 0.05) is 22.0 Å². The Bertz CT molecular complexity index is 1050. The summed E-state index contributed by atoms with van der Waals surface area (Å²) in [7, 11) is 0. The number of carbonyl (C=O) groups excluding carboxylic acids is 1. The lowest BCUT2D eigenvalue weighted by Gasteiger charge is -2.34. The molecular weight excluding hydrogens is 390 g/mol. The Hall–Kier alpha value is -2.53. The molecule has 1 aromatic heterocycles. The molecule has 3 aromatic rings. The van der Waals surface area contributed by atoms with Gasteiger partial charge < -0.3 is 10.6 Å². The summed E-state index contributed by atoms with van der Waals surface area (Å²) in [5.41, 5.74) is 2.46. The van der Waals surface area contributed by atoms with E-state index in [1.807, 2.05) is 42.5 Å². The molecule has 2 aromatic carbocycles. The van der Waals surface area contributed by atoms with Gasteiger partial charge in [-0.1, -0.05) is 51.0 Å². The zero-order valence-corrected chi connectivity index (χ0v) is 18.6. The summed E-state index contributed by atoms with van der Waals surface area (Å²) >= 11 is 1.70. The molecule has 1 heterocycles. The molecule has 0 saturated heterocycles. The fourth-order valence-electron chi connectivity index (χ4n) is 4.31. The molecule has 1 fully saturated rings. The van der Waals surface area contributed by atoms with Crippen molar-refractivity contribution < 1.29 is 4.79 Å². The van der Waals surface area contributed by atoms with Crippen LogP contribution in [-0.2, 0) is 0 Å². The van der Waals surface area contributed by atoms with Gasteiger partial charge in [-0.25, -0.2) is 4.98 Å². The molecule has 30 heavy (non-hydrogen) atoms. The molecule has 4 rings (SSSR count). The molecule has 1 aliphatic carbocycles. The van der Waals surface area contributed by atoms with Crippen LogP contribution in [0.4, 0.5) is 11.5 Å². The maximum atomic E-state index is 13.3. The highest BCUT2D eigenvalue weighted by Gasteiger charge is 2.28. The minimum atomic E-state index is -0.0135. The Balaban J connectivity index is 1.65. The molecule has 0 radical (unpaired) electrons. The van der Waals surface area contributed by atoms with E-state index in [0.717, 1.165) is 23.0 Å². The van der Waals surface area contributed by atoms with E-state index in [1.165, 1.54) is 17.7 Å². The predicted molar refractivity (Wildman–Crippen MR) is 127 cm³/mol. The summed E-state index contributed by atoms with van der Waals surface area (Å²) in [4.78, 5) is 19.2. The van der Waals surface area contributed by atoms with E-state index in [4.69, 9.17) is 4.98 Å². The third-order valence-corrected chi connectivity index (χ3v) is 7.05. The summed E-state index contributed by atoms with van der Waals surface area (Å²) in [5.74, 6) is 1.80. The molecule has 1 amide bonds. The van der Waals surface area contributed by atoms with Crippen molar-refractivity contribution in [3.63, 3.8) is 0 Å². The van der Waals surface area contributed by atoms with Gasteiger partial charge in [0.25, 0.3) is 5.91 Å². The van der Waals surface area contributed by atoms with Crippen LogP contribution in [0.3, 0.4) is 0 Å². The van der Waals surface area contributed by atoms with E-state index < -0.39 is 0 Å². The number of benzene rings is 2. The van der Waals surface area contributed by atoms with Crippen LogP contribution in [0, 0.1) is 11.8 Å². The highest BCUT2D eigenvalue weighted by Crippen LogP contribution is 2.30. The second-order valence-corrected chi connectivity index (χ2v) is 9.16. The highest BCUT2D eigenvalue weighted by molar-refractivity contribution is 7.98. The quantitative estimate of drug-likeness (QED) is 0.480. The number of amides is 1. The predicted octanol–water partition coefficient (Wildman–Crippen LogP) is 6.25. The molecule has 3 atom stereocenters. The monoisotopic (exact) mass is 419 g/mol. The van der Waals surface area contributed by atoms with Crippen LogP contribution in [0.1, 0.15) is 43.5 Å². The number of anilines is 2. The lowest BCUT2D eigenvalue weighted by molar-refractivity contribution is 0.0892. The number of thioether (sulfide) groups is 1. The van der Waals surface area contributed by atoms with Crippen LogP contribution < -0.4 is 10.6 Å². The number of carbonyl (C=O) groups is 1. The van der Waals surface area contributed by atoms with Crippen LogP contribution >= 0.6 is 11.8 Å². The SMILES string of the molecule is CSc1cccc(Nc2cc(C(=O)NC3CCCC(C)C3C)c3ccccc3n2)c1. The zero-order valence-electron chi connectivity index (χ0n) is 17.8. The topological polar surface area (TPSA) is 54.0 Å². The molecule has 0 aliphatic heterocycles. The van der Waals surface area contributed by atoms with E-state index in [0.29, 0.717) is 23.2 Å². The first-order valence-corrected chi connectivity index (χ1v) is 11.9. The number of aromatic nitrogens is 1. The number of para-hydroxylation sites is 1. The molecule has 0 bridgehead atoms. The average Bonchev–Trinajstić information content (AvgIpc) is 2.76. The molecule has 156 valence electrons. The van der Waals surface area contributed by atoms with Gasteiger partial charge in [-0.2, -0.15) is 0 Å². The van der Waals surface area contributed by atoms with Gasteiger partial charge in [-0.05, 0) is 54.8 Å². The van der Waals surface area contributed by atoms with Crippen molar-refractivity contribution in [2.24, 2.45) is 11.8 Å². The van der Waals surface area contributed by atoms with E-state index in [9.17, 15) is 4.79 Å². The van der Waals surface area contributed by atoms with Gasteiger partial charge in [0.2, 0.25) is 0 Å². The molecule has 1 aliphatic rings. The lowest BCUT2D eigenvalue weighted by atomic mass is 9.78. The van der Waals surface area contributed by atoms with E-state index >= 15 is 0 Å². The number of hydrogen-bond acceptors (Lipinski definition) is 4. The minimum Gasteiger partial charge on any atom is -0.349 e. The van der Waals surface area contributed by atoms with Gasteiger partial charge in [0.1, 0.15) is 5.82 Å². The van der Waals surface area contributed by atoms with Crippen LogP contribution in [0.15, 0.2) is 59.5 Å². The van der Waals surface area contributed by atoms with Crippen molar-refractivity contribution in [2.75, 3.05) is 11.6 Å². The Morgan fingerprint density at radius 1 is 1.07 bits per heavy atom.